The van der Waals surface area contributed by atoms with Crippen LogP contribution in [0, 0.1) is 19.8 Å². The first-order valence-electron chi connectivity index (χ1n) is 6.76. The number of nitrogens with one attached hydrogen (secondary N) is 1. The molecule has 0 spiro atoms. The standard InChI is InChI=1S/C15H18N2O2/c1-8-6-12-13(7-9(8)2)17-14(16-12)10-4-3-5-11(10)15(18)19/h6-7,10-11H,3-5H2,1-2H3,(H,16,17)(H,18,19). The molecule has 2 aromatic rings. The van der Waals surface area contributed by atoms with E-state index in [1.54, 1.807) is 0 Å². The summed E-state index contributed by atoms with van der Waals surface area (Å²) in [7, 11) is 0. The van der Waals surface area contributed by atoms with E-state index >= 15 is 0 Å². The Morgan fingerprint density at radius 1 is 1.32 bits per heavy atom. The SMILES string of the molecule is Cc1cc2nc(C3CCCC3C(=O)O)[nH]c2cc1C. The molecule has 0 amide bonds. The van der Waals surface area contributed by atoms with E-state index in [0.29, 0.717) is 0 Å². The van der Waals surface area contributed by atoms with Gasteiger partial charge in [0.05, 0.1) is 17.0 Å². The van der Waals surface area contributed by atoms with E-state index in [-0.39, 0.29) is 11.8 Å². The fraction of sp³-hybridized carbons (Fsp3) is 0.467. The fourth-order valence-corrected chi connectivity index (χ4v) is 3.05. The van der Waals surface area contributed by atoms with Gasteiger partial charge in [-0.3, -0.25) is 4.79 Å². The molecule has 2 N–H and O–H groups in total. The monoisotopic (exact) mass is 258 g/mol. The second-order valence-electron chi connectivity index (χ2n) is 5.56. The predicted octanol–water partition coefficient (Wildman–Crippen LogP) is 3.15. The Kier molecular flexibility index (Phi) is 2.81. The van der Waals surface area contributed by atoms with E-state index in [1.165, 1.54) is 11.1 Å². The van der Waals surface area contributed by atoms with Crippen molar-refractivity contribution in [3.63, 3.8) is 0 Å². The van der Waals surface area contributed by atoms with Gasteiger partial charge in [-0.15, -0.1) is 0 Å². The number of nitrogens with zero attached hydrogens (tertiary/aromatic N) is 1. The Bertz CT molecular complexity index is 606. The molecule has 1 heterocycles. The predicted molar refractivity (Wildman–Crippen MR) is 73.3 cm³/mol. The number of aromatic nitrogens is 2. The summed E-state index contributed by atoms with van der Waals surface area (Å²) in [6.07, 6.45) is 2.64. The van der Waals surface area contributed by atoms with Crippen LogP contribution in [-0.4, -0.2) is 21.0 Å². The van der Waals surface area contributed by atoms with Gasteiger partial charge in [-0.25, -0.2) is 4.98 Å². The molecule has 0 saturated heterocycles. The first kappa shape index (κ1) is 12.2. The lowest BCUT2D eigenvalue weighted by molar-refractivity contribution is -0.142. The van der Waals surface area contributed by atoms with E-state index < -0.39 is 5.97 Å². The molecule has 1 aromatic heterocycles. The number of fused-ring (bicyclic) bond motifs is 1. The zero-order chi connectivity index (χ0) is 13.6. The average molecular weight is 258 g/mol. The normalized spacial score (nSPS) is 23.1. The minimum atomic E-state index is -0.699. The number of carboxylic acid groups (broad SMARTS) is 1. The van der Waals surface area contributed by atoms with Gasteiger partial charge in [-0.2, -0.15) is 0 Å². The first-order valence-corrected chi connectivity index (χ1v) is 6.76. The highest BCUT2D eigenvalue weighted by atomic mass is 16.4. The summed E-state index contributed by atoms with van der Waals surface area (Å²) in [5.41, 5.74) is 4.39. The molecule has 3 rings (SSSR count). The van der Waals surface area contributed by atoms with Crippen LogP contribution in [0.2, 0.25) is 0 Å². The van der Waals surface area contributed by atoms with E-state index in [4.69, 9.17) is 0 Å². The van der Waals surface area contributed by atoms with Crippen LogP contribution in [0.4, 0.5) is 0 Å². The van der Waals surface area contributed by atoms with Crippen molar-refractivity contribution >= 4 is 17.0 Å². The second kappa shape index (κ2) is 4.37. The smallest absolute Gasteiger partial charge is 0.307 e. The zero-order valence-corrected chi connectivity index (χ0v) is 11.2. The molecule has 19 heavy (non-hydrogen) atoms. The largest absolute Gasteiger partial charge is 0.481 e. The van der Waals surface area contributed by atoms with Crippen molar-refractivity contribution in [1.82, 2.24) is 9.97 Å². The highest BCUT2D eigenvalue weighted by Crippen LogP contribution is 2.39. The number of rotatable bonds is 2. The van der Waals surface area contributed by atoms with Gasteiger partial charge in [0.25, 0.3) is 0 Å². The summed E-state index contributed by atoms with van der Waals surface area (Å²) in [5, 5.41) is 9.27. The van der Waals surface area contributed by atoms with Gasteiger partial charge in [0.2, 0.25) is 0 Å². The Hall–Kier alpha value is -1.84. The van der Waals surface area contributed by atoms with Gasteiger partial charge >= 0.3 is 5.97 Å². The molecule has 4 heteroatoms. The van der Waals surface area contributed by atoms with Gasteiger partial charge in [-0.05, 0) is 49.9 Å². The van der Waals surface area contributed by atoms with Gasteiger partial charge < -0.3 is 10.1 Å². The number of carboxylic acids is 1. The molecule has 0 aliphatic heterocycles. The third-order valence-corrected chi connectivity index (χ3v) is 4.30. The number of carbonyl (C=O) groups is 1. The van der Waals surface area contributed by atoms with Gasteiger partial charge in [0.1, 0.15) is 5.82 Å². The van der Waals surface area contributed by atoms with E-state index in [9.17, 15) is 9.90 Å². The molecule has 0 radical (unpaired) electrons. The number of aryl methyl sites for hydroxylation is 2. The molecule has 2 unspecified atom stereocenters. The molecule has 1 aromatic carbocycles. The van der Waals surface area contributed by atoms with Crippen LogP contribution in [0.25, 0.3) is 11.0 Å². The van der Waals surface area contributed by atoms with Crippen molar-refractivity contribution in [3.8, 4) is 0 Å². The van der Waals surface area contributed by atoms with Crippen molar-refractivity contribution in [2.75, 3.05) is 0 Å². The number of hydrogen-bond donors (Lipinski definition) is 2. The minimum absolute atomic E-state index is 0.0329. The quantitative estimate of drug-likeness (QED) is 0.869. The molecule has 0 bridgehead atoms. The van der Waals surface area contributed by atoms with Crippen molar-refractivity contribution < 1.29 is 9.90 Å². The summed E-state index contributed by atoms with van der Waals surface area (Å²) >= 11 is 0. The van der Waals surface area contributed by atoms with Gasteiger partial charge in [0.15, 0.2) is 0 Å². The fourth-order valence-electron chi connectivity index (χ4n) is 3.05. The lowest BCUT2D eigenvalue weighted by Crippen LogP contribution is -2.17. The summed E-state index contributed by atoms with van der Waals surface area (Å²) in [6.45, 7) is 4.14. The number of imidazole rings is 1. The summed E-state index contributed by atoms with van der Waals surface area (Å²) in [4.78, 5) is 19.2. The van der Waals surface area contributed by atoms with Crippen LogP contribution in [0.1, 0.15) is 42.1 Å². The van der Waals surface area contributed by atoms with Gasteiger partial charge in [-0.1, -0.05) is 6.42 Å². The van der Waals surface area contributed by atoms with E-state index in [0.717, 1.165) is 36.1 Å². The highest BCUT2D eigenvalue weighted by Gasteiger charge is 2.35. The van der Waals surface area contributed by atoms with E-state index in [2.05, 4.69) is 35.9 Å². The van der Waals surface area contributed by atoms with Crippen molar-refractivity contribution in [2.24, 2.45) is 5.92 Å². The lowest BCUT2D eigenvalue weighted by atomic mass is 9.96. The molecule has 2 atom stereocenters. The molecule has 1 aliphatic carbocycles. The summed E-state index contributed by atoms with van der Waals surface area (Å²) in [6, 6.07) is 4.15. The Labute approximate surface area is 111 Å². The Balaban J connectivity index is 2.03. The molecular weight excluding hydrogens is 240 g/mol. The van der Waals surface area contributed by atoms with E-state index in [1.807, 2.05) is 0 Å². The molecular formula is C15H18N2O2. The Morgan fingerprint density at radius 2 is 2.05 bits per heavy atom. The molecule has 1 fully saturated rings. The number of hydrogen-bond acceptors (Lipinski definition) is 2. The zero-order valence-electron chi connectivity index (χ0n) is 11.2. The Morgan fingerprint density at radius 3 is 2.79 bits per heavy atom. The molecule has 4 nitrogen and oxygen atoms in total. The topological polar surface area (TPSA) is 66.0 Å². The number of aromatic amines is 1. The number of aliphatic carboxylic acids is 1. The van der Waals surface area contributed by atoms with Crippen LogP contribution in [0.5, 0.6) is 0 Å². The molecule has 1 saturated carbocycles. The number of H-pyrrole nitrogens is 1. The highest BCUT2D eigenvalue weighted by molar-refractivity contribution is 5.78. The van der Waals surface area contributed by atoms with Gasteiger partial charge in [0, 0.05) is 5.92 Å². The maximum atomic E-state index is 11.3. The minimum Gasteiger partial charge on any atom is -0.481 e. The third kappa shape index (κ3) is 2.01. The summed E-state index contributed by atoms with van der Waals surface area (Å²) < 4.78 is 0. The lowest BCUT2D eigenvalue weighted by Gasteiger charge is -2.12. The van der Waals surface area contributed by atoms with Crippen LogP contribution < -0.4 is 0 Å². The van der Waals surface area contributed by atoms with Crippen molar-refractivity contribution in [1.29, 1.82) is 0 Å². The van der Waals surface area contributed by atoms with Crippen LogP contribution in [-0.2, 0) is 4.79 Å². The first-order chi connectivity index (χ1) is 9.06. The van der Waals surface area contributed by atoms with Crippen LogP contribution in [0.15, 0.2) is 12.1 Å². The summed E-state index contributed by atoms with van der Waals surface area (Å²) in [5.74, 6) is -0.117. The molecule has 100 valence electrons. The molecule has 1 aliphatic rings. The number of benzene rings is 1. The third-order valence-electron chi connectivity index (χ3n) is 4.30. The van der Waals surface area contributed by atoms with Crippen LogP contribution in [0.3, 0.4) is 0 Å². The average Bonchev–Trinajstić information content (AvgIpc) is 2.95. The van der Waals surface area contributed by atoms with Crippen molar-refractivity contribution in [2.45, 2.75) is 39.0 Å². The van der Waals surface area contributed by atoms with Crippen LogP contribution >= 0.6 is 0 Å². The maximum absolute atomic E-state index is 11.3. The van der Waals surface area contributed by atoms with Crippen molar-refractivity contribution in [3.05, 3.63) is 29.1 Å². The maximum Gasteiger partial charge on any atom is 0.307 e. The second-order valence-corrected chi connectivity index (χ2v) is 5.56.